The Balaban J connectivity index is 1.97. The number of aryl methyl sites for hydroxylation is 1. The maximum absolute atomic E-state index is 4.26. The molecule has 2 aromatic rings. The van der Waals surface area contributed by atoms with E-state index in [9.17, 15) is 0 Å². The fourth-order valence-electron chi connectivity index (χ4n) is 1.38. The molecule has 2 heterocycles. The summed E-state index contributed by atoms with van der Waals surface area (Å²) in [6.45, 7) is 3.13. The van der Waals surface area contributed by atoms with Crippen molar-refractivity contribution in [2.24, 2.45) is 0 Å². The van der Waals surface area contributed by atoms with Gasteiger partial charge in [0.05, 0.1) is 11.9 Å². The molecule has 0 radical (unpaired) electrons. The zero-order valence-electron chi connectivity index (χ0n) is 9.30. The van der Waals surface area contributed by atoms with Crippen LogP contribution in [0.25, 0.3) is 0 Å². The van der Waals surface area contributed by atoms with Gasteiger partial charge >= 0.3 is 0 Å². The van der Waals surface area contributed by atoms with Crippen LogP contribution in [0.4, 0.5) is 11.5 Å². The van der Waals surface area contributed by atoms with Gasteiger partial charge in [0.25, 0.3) is 0 Å². The minimum absolute atomic E-state index is 0.782. The van der Waals surface area contributed by atoms with E-state index in [1.165, 1.54) is 12.7 Å². The van der Waals surface area contributed by atoms with E-state index in [0.29, 0.717) is 0 Å². The van der Waals surface area contributed by atoms with E-state index < -0.39 is 0 Å². The van der Waals surface area contributed by atoms with Crippen LogP contribution in [0.15, 0.2) is 31.0 Å². The Morgan fingerprint density at radius 3 is 3.12 bits per heavy atom. The smallest absolute Gasteiger partial charge is 0.133 e. The van der Waals surface area contributed by atoms with Crippen molar-refractivity contribution in [1.82, 2.24) is 19.7 Å². The predicted molar refractivity (Wildman–Crippen MR) is 62.4 cm³/mol. The first kappa shape index (κ1) is 10.6. The number of aromatic nitrogens is 4. The number of hydrogen-bond donors (Lipinski definition) is 1. The molecule has 16 heavy (non-hydrogen) atoms. The van der Waals surface area contributed by atoms with Gasteiger partial charge in [-0.3, -0.25) is 4.68 Å². The lowest BCUT2D eigenvalue weighted by atomic mass is 10.3. The monoisotopic (exact) mass is 217 g/mol. The molecule has 0 atom stereocenters. The molecule has 0 aliphatic carbocycles. The molecule has 0 aliphatic heterocycles. The molecule has 0 saturated carbocycles. The van der Waals surface area contributed by atoms with Gasteiger partial charge < -0.3 is 5.32 Å². The highest BCUT2D eigenvalue weighted by Gasteiger charge is 1.99. The van der Waals surface area contributed by atoms with E-state index in [-0.39, 0.29) is 0 Å². The lowest BCUT2D eigenvalue weighted by Crippen LogP contribution is -1.97. The Bertz CT molecular complexity index is 423. The Kier molecular flexibility index (Phi) is 3.48. The molecule has 0 spiro atoms. The fraction of sp³-hybridized carbons (Fsp3) is 0.364. The first-order chi connectivity index (χ1) is 7.88. The quantitative estimate of drug-likeness (QED) is 0.834. The predicted octanol–water partition coefficient (Wildman–Crippen LogP) is 2.22. The van der Waals surface area contributed by atoms with E-state index >= 15 is 0 Å². The minimum Gasteiger partial charge on any atom is -0.338 e. The van der Waals surface area contributed by atoms with Crippen LogP contribution in [0, 0.1) is 0 Å². The summed E-state index contributed by atoms with van der Waals surface area (Å²) in [6.07, 6.45) is 9.33. The van der Waals surface area contributed by atoms with Crippen LogP contribution in [-0.4, -0.2) is 19.7 Å². The van der Waals surface area contributed by atoms with Crippen LogP contribution in [0.3, 0.4) is 0 Å². The van der Waals surface area contributed by atoms with E-state index in [1.54, 1.807) is 12.4 Å². The minimum atomic E-state index is 0.782. The van der Waals surface area contributed by atoms with Crippen LogP contribution in [-0.2, 0) is 6.54 Å². The number of hydrogen-bond acceptors (Lipinski definition) is 4. The van der Waals surface area contributed by atoms with Gasteiger partial charge in [-0.2, -0.15) is 5.10 Å². The van der Waals surface area contributed by atoms with Crippen molar-refractivity contribution in [3.63, 3.8) is 0 Å². The van der Waals surface area contributed by atoms with E-state index in [1.807, 2.05) is 16.9 Å². The maximum atomic E-state index is 4.26. The first-order valence-electron chi connectivity index (χ1n) is 5.44. The molecule has 0 aliphatic rings. The highest BCUT2D eigenvalue weighted by atomic mass is 15.3. The molecule has 2 rings (SSSR count). The largest absolute Gasteiger partial charge is 0.338 e. The number of anilines is 2. The molecule has 0 unspecified atom stereocenters. The SMILES string of the molecule is CCCCn1cc(Nc2ccncn2)cn1. The Morgan fingerprint density at radius 1 is 1.44 bits per heavy atom. The molecule has 84 valence electrons. The summed E-state index contributed by atoms with van der Waals surface area (Å²) in [5.41, 5.74) is 0.954. The molecular formula is C11H15N5. The molecule has 0 saturated heterocycles. The number of unbranched alkanes of at least 4 members (excludes halogenated alkanes) is 1. The van der Waals surface area contributed by atoms with Gasteiger partial charge in [0.2, 0.25) is 0 Å². The molecule has 0 fully saturated rings. The van der Waals surface area contributed by atoms with Crippen molar-refractivity contribution < 1.29 is 0 Å². The zero-order chi connectivity index (χ0) is 11.2. The van der Waals surface area contributed by atoms with Gasteiger partial charge in [-0.1, -0.05) is 13.3 Å². The molecule has 0 aromatic carbocycles. The van der Waals surface area contributed by atoms with Crippen molar-refractivity contribution in [3.05, 3.63) is 31.0 Å². The van der Waals surface area contributed by atoms with Gasteiger partial charge in [0.15, 0.2) is 0 Å². The van der Waals surface area contributed by atoms with Crippen LogP contribution in [0.5, 0.6) is 0 Å². The fourth-order valence-corrected chi connectivity index (χ4v) is 1.38. The lowest BCUT2D eigenvalue weighted by molar-refractivity contribution is 0.572. The topological polar surface area (TPSA) is 55.6 Å². The van der Waals surface area contributed by atoms with Crippen LogP contribution >= 0.6 is 0 Å². The summed E-state index contributed by atoms with van der Waals surface area (Å²) in [5.74, 6) is 0.782. The highest BCUT2D eigenvalue weighted by molar-refractivity contribution is 5.52. The Labute approximate surface area is 94.5 Å². The Morgan fingerprint density at radius 2 is 2.38 bits per heavy atom. The summed E-state index contributed by atoms with van der Waals surface area (Å²) in [7, 11) is 0. The lowest BCUT2D eigenvalue weighted by Gasteiger charge is -2.00. The summed E-state index contributed by atoms with van der Waals surface area (Å²) in [5, 5.41) is 7.43. The third-order valence-electron chi connectivity index (χ3n) is 2.23. The maximum Gasteiger partial charge on any atom is 0.133 e. The second-order valence-corrected chi connectivity index (χ2v) is 3.57. The second kappa shape index (κ2) is 5.25. The van der Waals surface area contributed by atoms with Gasteiger partial charge in [-0.25, -0.2) is 9.97 Å². The number of nitrogens with one attached hydrogen (secondary N) is 1. The third kappa shape index (κ3) is 2.79. The molecule has 0 amide bonds. The van der Waals surface area contributed by atoms with Crippen molar-refractivity contribution in [2.45, 2.75) is 26.3 Å². The molecule has 2 aromatic heterocycles. The van der Waals surface area contributed by atoms with Crippen LogP contribution in [0.2, 0.25) is 0 Å². The van der Waals surface area contributed by atoms with Crippen LogP contribution < -0.4 is 5.32 Å². The highest BCUT2D eigenvalue weighted by Crippen LogP contribution is 2.12. The van der Waals surface area contributed by atoms with E-state index in [2.05, 4.69) is 27.3 Å². The summed E-state index contributed by atoms with van der Waals surface area (Å²) in [6, 6.07) is 1.82. The number of rotatable bonds is 5. The third-order valence-corrected chi connectivity index (χ3v) is 2.23. The molecular weight excluding hydrogens is 202 g/mol. The molecule has 5 nitrogen and oxygen atoms in total. The first-order valence-corrected chi connectivity index (χ1v) is 5.44. The van der Waals surface area contributed by atoms with E-state index in [0.717, 1.165) is 24.5 Å². The van der Waals surface area contributed by atoms with E-state index in [4.69, 9.17) is 0 Å². The van der Waals surface area contributed by atoms with Gasteiger partial charge in [0, 0.05) is 18.9 Å². The standard InChI is InChI=1S/C11H15N5/c1-2-3-6-16-8-10(7-14-16)15-11-4-5-12-9-13-11/h4-5,7-9H,2-3,6H2,1H3,(H,12,13,15). The van der Waals surface area contributed by atoms with Crippen molar-refractivity contribution >= 4 is 11.5 Å². The normalized spacial score (nSPS) is 10.3. The Hall–Kier alpha value is -1.91. The van der Waals surface area contributed by atoms with Crippen LogP contribution in [0.1, 0.15) is 19.8 Å². The average molecular weight is 217 g/mol. The van der Waals surface area contributed by atoms with Gasteiger partial charge in [-0.05, 0) is 12.5 Å². The summed E-state index contributed by atoms with van der Waals surface area (Å²) in [4.78, 5) is 7.95. The summed E-state index contributed by atoms with van der Waals surface area (Å²) >= 11 is 0. The van der Waals surface area contributed by atoms with Gasteiger partial charge in [0.1, 0.15) is 12.1 Å². The van der Waals surface area contributed by atoms with Crippen molar-refractivity contribution in [2.75, 3.05) is 5.32 Å². The zero-order valence-corrected chi connectivity index (χ0v) is 9.30. The van der Waals surface area contributed by atoms with Crippen molar-refractivity contribution in [1.29, 1.82) is 0 Å². The van der Waals surface area contributed by atoms with Gasteiger partial charge in [-0.15, -0.1) is 0 Å². The van der Waals surface area contributed by atoms with Crippen molar-refractivity contribution in [3.8, 4) is 0 Å². The number of nitrogens with zero attached hydrogens (tertiary/aromatic N) is 4. The second-order valence-electron chi connectivity index (χ2n) is 3.57. The summed E-state index contributed by atoms with van der Waals surface area (Å²) < 4.78 is 1.94. The molecule has 0 bridgehead atoms. The average Bonchev–Trinajstić information content (AvgIpc) is 2.75. The molecule has 1 N–H and O–H groups in total. The molecule has 5 heteroatoms.